The van der Waals surface area contributed by atoms with E-state index in [-0.39, 0.29) is 5.91 Å². The van der Waals surface area contributed by atoms with Gasteiger partial charge in [0.2, 0.25) is 5.95 Å². The summed E-state index contributed by atoms with van der Waals surface area (Å²) in [7, 11) is 1.58. The molecule has 0 radical (unpaired) electrons. The van der Waals surface area contributed by atoms with E-state index in [0.717, 1.165) is 22.6 Å². The number of anilines is 4. The van der Waals surface area contributed by atoms with Gasteiger partial charge in [-0.3, -0.25) is 9.78 Å². The minimum atomic E-state index is -5.08. The van der Waals surface area contributed by atoms with Crippen LogP contribution in [0.2, 0.25) is 5.02 Å². The number of pyridine rings is 1. The highest BCUT2D eigenvalue weighted by atomic mass is 35.5. The first-order valence-electron chi connectivity index (χ1n) is 13.8. The van der Waals surface area contributed by atoms with Crippen molar-refractivity contribution in [1.29, 1.82) is 0 Å². The van der Waals surface area contributed by atoms with Crippen LogP contribution in [0.4, 0.5) is 49.5 Å². The maximum atomic E-state index is 12.2. The van der Waals surface area contributed by atoms with Crippen molar-refractivity contribution in [2.45, 2.75) is 19.3 Å². The molecule has 268 valence electrons. The molecule has 0 aliphatic rings. The zero-order valence-corrected chi connectivity index (χ0v) is 26.7. The van der Waals surface area contributed by atoms with Gasteiger partial charge in [0, 0.05) is 30.2 Å². The molecule has 0 atom stereocenters. The second-order valence-corrected chi connectivity index (χ2v) is 10.0. The Kier molecular flexibility index (Phi) is 12.9. The van der Waals surface area contributed by atoms with E-state index in [1.54, 1.807) is 42.5 Å². The molecule has 0 saturated heterocycles. The van der Waals surface area contributed by atoms with E-state index in [0.29, 0.717) is 33.9 Å². The number of hydrogen-bond acceptors (Lipinski definition) is 10. The monoisotopic (exact) mass is 739 g/mol. The van der Waals surface area contributed by atoms with Crippen molar-refractivity contribution in [3.8, 4) is 17.1 Å². The number of benzene rings is 2. The predicted octanol–water partition coefficient (Wildman–Crippen LogP) is 6.19. The number of amides is 1. The Morgan fingerprint density at radius 2 is 1.41 bits per heavy atom. The van der Waals surface area contributed by atoms with Crippen molar-refractivity contribution in [3.05, 3.63) is 95.7 Å². The van der Waals surface area contributed by atoms with Gasteiger partial charge in [0.25, 0.3) is 5.91 Å². The van der Waals surface area contributed by atoms with Crippen LogP contribution < -0.4 is 16.0 Å². The zero-order chi connectivity index (χ0) is 37.9. The fourth-order valence-corrected chi connectivity index (χ4v) is 3.65. The number of carboxylic acids is 2. The van der Waals surface area contributed by atoms with Crippen LogP contribution in [0.1, 0.15) is 16.1 Å². The van der Waals surface area contributed by atoms with Crippen molar-refractivity contribution in [2.75, 3.05) is 17.7 Å². The fourth-order valence-electron chi connectivity index (χ4n) is 3.51. The Hall–Kier alpha value is -6.31. The lowest BCUT2D eigenvalue weighted by Crippen LogP contribution is -2.21. The van der Waals surface area contributed by atoms with Crippen molar-refractivity contribution in [1.82, 2.24) is 35.0 Å². The summed E-state index contributed by atoms with van der Waals surface area (Å²) in [5.74, 6) is -4.43. The minimum absolute atomic E-state index is 0.221. The van der Waals surface area contributed by atoms with Gasteiger partial charge < -0.3 is 26.2 Å². The number of hydrogen-bond donors (Lipinski definition) is 5. The molecular weight excluding hydrogens is 716 g/mol. The Balaban J connectivity index is 0.000000424. The van der Waals surface area contributed by atoms with Crippen LogP contribution in [0.25, 0.3) is 17.1 Å². The Morgan fingerprint density at radius 1 is 0.804 bits per heavy atom. The summed E-state index contributed by atoms with van der Waals surface area (Å²) in [6.07, 6.45) is -5.25. The molecule has 0 unspecified atom stereocenters. The number of carbonyl (C=O) groups is 3. The predicted molar refractivity (Wildman–Crippen MR) is 170 cm³/mol. The lowest BCUT2D eigenvalue weighted by Gasteiger charge is -2.13. The van der Waals surface area contributed by atoms with E-state index < -0.39 is 24.3 Å². The van der Waals surface area contributed by atoms with E-state index >= 15 is 0 Å². The Bertz CT molecular complexity index is 1950. The summed E-state index contributed by atoms with van der Waals surface area (Å²) in [5.41, 5.74) is 4.45. The first-order chi connectivity index (χ1) is 23.9. The summed E-state index contributed by atoms with van der Waals surface area (Å²) in [6.45, 7) is 1.93. The smallest absolute Gasteiger partial charge is 0.475 e. The van der Waals surface area contributed by atoms with Gasteiger partial charge in [0.05, 0.1) is 23.1 Å². The average molecular weight is 740 g/mol. The molecule has 0 aliphatic carbocycles. The number of nitrogens with zero attached hydrogens (tertiary/aromatic N) is 6. The number of para-hydroxylation sites is 1. The summed E-state index contributed by atoms with van der Waals surface area (Å²) >= 11 is 6.32. The molecule has 5 aromatic rings. The number of aromatic nitrogens is 6. The molecule has 5 rings (SSSR count). The molecular formula is C30H24ClF6N9O5. The first kappa shape index (κ1) is 39.1. The third-order valence-electron chi connectivity index (χ3n) is 5.93. The van der Waals surface area contributed by atoms with Crippen molar-refractivity contribution in [2.24, 2.45) is 0 Å². The number of aryl methyl sites for hydroxylation is 1. The summed E-state index contributed by atoms with van der Waals surface area (Å²) in [6, 6.07) is 18.6. The molecule has 14 nitrogen and oxygen atoms in total. The van der Waals surface area contributed by atoms with E-state index in [9.17, 15) is 31.1 Å². The zero-order valence-electron chi connectivity index (χ0n) is 26.0. The molecule has 1 amide bonds. The van der Waals surface area contributed by atoms with Gasteiger partial charge in [0.1, 0.15) is 11.3 Å². The van der Waals surface area contributed by atoms with Crippen LogP contribution in [-0.4, -0.2) is 77.2 Å². The van der Waals surface area contributed by atoms with Crippen molar-refractivity contribution < 1.29 is 50.9 Å². The number of carboxylic acid groups (broad SMARTS) is 2. The number of halogens is 7. The van der Waals surface area contributed by atoms with Gasteiger partial charge >= 0.3 is 24.3 Å². The van der Waals surface area contributed by atoms with Crippen molar-refractivity contribution >= 4 is 52.6 Å². The lowest BCUT2D eigenvalue weighted by molar-refractivity contribution is -0.193. The quantitative estimate of drug-likeness (QED) is 0.119. The molecule has 51 heavy (non-hydrogen) atoms. The van der Waals surface area contributed by atoms with E-state index in [2.05, 4.69) is 41.0 Å². The van der Waals surface area contributed by atoms with Crippen molar-refractivity contribution in [3.63, 3.8) is 0 Å². The van der Waals surface area contributed by atoms with Crippen LogP contribution in [0.15, 0.2) is 79.4 Å². The molecule has 5 N–H and O–H groups in total. The van der Waals surface area contributed by atoms with Crippen LogP contribution in [0, 0.1) is 6.92 Å². The standard InChI is InChI=1S/C26H22ClN9O.2C2HF3O2/c1-16-7-8-17(13-29-16)23-31-15-36(35-23)19-11-9-18(10-12-19)32-26-30-14-21(27)24(34-26)33-22-6-4-3-5-20(22)25(37)28-2;2*3-2(4,5)1(6)7/h3-15H,1-2H3,(H,28,37)(H2,30,32,33,34);2*(H,6,7). The molecule has 0 saturated carbocycles. The van der Waals surface area contributed by atoms with Gasteiger partial charge in [-0.25, -0.2) is 24.2 Å². The summed E-state index contributed by atoms with van der Waals surface area (Å²) in [5, 5.41) is 28.0. The number of rotatable bonds is 7. The Morgan fingerprint density at radius 3 is 1.96 bits per heavy atom. The van der Waals surface area contributed by atoms with Crippen LogP contribution >= 0.6 is 11.6 Å². The molecule has 0 aliphatic heterocycles. The van der Waals surface area contributed by atoms with Gasteiger partial charge in [-0.15, -0.1) is 5.10 Å². The fraction of sp³-hybridized carbons (Fsp3) is 0.133. The molecule has 3 aromatic heterocycles. The minimum Gasteiger partial charge on any atom is -0.475 e. The first-order valence-corrected chi connectivity index (χ1v) is 14.2. The topological polar surface area (TPSA) is 197 Å². The Labute approximate surface area is 288 Å². The molecule has 3 heterocycles. The van der Waals surface area contributed by atoms with E-state index in [1.807, 2.05) is 49.4 Å². The molecule has 0 fully saturated rings. The molecule has 2 aromatic carbocycles. The number of aliphatic carboxylic acids is 2. The largest absolute Gasteiger partial charge is 0.490 e. The maximum Gasteiger partial charge on any atom is 0.490 e. The summed E-state index contributed by atoms with van der Waals surface area (Å²) < 4.78 is 65.2. The molecule has 0 bridgehead atoms. The molecule has 21 heteroatoms. The lowest BCUT2D eigenvalue weighted by atomic mass is 10.1. The third-order valence-corrected chi connectivity index (χ3v) is 6.21. The highest BCUT2D eigenvalue weighted by Crippen LogP contribution is 2.27. The van der Waals surface area contributed by atoms with Gasteiger partial charge in [0.15, 0.2) is 11.6 Å². The van der Waals surface area contributed by atoms with Gasteiger partial charge in [-0.05, 0) is 55.5 Å². The SMILES string of the molecule is CNC(=O)c1ccccc1Nc1nc(Nc2ccc(-n3cnc(-c4ccc(C)nc4)n3)cc2)ncc1Cl.O=C(O)C(F)(F)F.O=C(O)C(F)(F)F. The van der Waals surface area contributed by atoms with Crippen LogP contribution in [0.5, 0.6) is 0 Å². The van der Waals surface area contributed by atoms with Gasteiger partial charge in [-0.1, -0.05) is 23.7 Å². The van der Waals surface area contributed by atoms with Crippen LogP contribution in [-0.2, 0) is 9.59 Å². The third kappa shape index (κ3) is 11.7. The molecule has 0 spiro atoms. The second kappa shape index (κ2) is 16.9. The number of nitrogens with one attached hydrogen (secondary N) is 3. The average Bonchev–Trinajstić information content (AvgIpc) is 3.57. The van der Waals surface area contributed by atoms with E-state index in [1.165, 1.54) is 6.20 Å². The summed E-state index contributed by atoms with van der Waals surface area (Å²) in [4.78, 5) is 47.4. The second-order valence-electron chi connectivity index (χ2n) is 9.62. The number of carbonyl (C=O) groups excluding carboxylic acids is 1. The normalized spacial score (nSPS) is 10.8. The highest BCUT2D eigenvalue weighted by molar-refractivity contribution is 6.33. The maximum absolute atomic E-state index is 12.2. The number of alkyl halides is 6. The van der Waals surface area contributed by atoms with Gasteiger partial charge in [-0.2, -0.15) is 31.3 Å². The highest BCUT2D eigenvalue weighted by Gasteiger charge is 2.38. The van der Waals surface area contributed by atoms with E-state index in [4.69, 9.17) is 31.4 Å². The van der Waals surface area contributed by atoms with Crippen LogP contribution in [0.3, 0.4) is 0 Å².